The van der Waals surface area contributed by atoms with Gasteiger partial charge in [-0.3, -0.25) is 14.5 Å². The van der Waals surface area contributed by atoms with Crippen LogP contribution in [0.2, 0.25) is 0 Å². The fourth-order valence-corrected chi connectivity index (χ4v) is 6.13. The maximum absolute atomic E-state index is 13.2. The summed E-state index contributed by atoms with van der Waals surface area (Å²) in [6.45, 7) is 5.53. The van der Waals surface area contributed by atoms with Crippen molar-refractivity contribution in [3.63, 3.8) is 0 Å². The Morgan fingerprint density at radius 1 is 0.909 bits per heavy atom. The molecule has 0 aromatic carbocycles. The second-order valence-electron chi connectivity index (χ2n) is 8.47. The van der Waals surface area contributed by atoms with Crippen LogP contribution >= 0.6 is 0 Å². The predicted octanol–water partition coefficient (Wildman–Crippen LogP) is 1.94. The molecule has 4 heteroatoms. The van der Waals surface area contributed by atoms with Gasteiger partial charge in [-0.15, -0.1) is 0 Å². The maximum atomic E-state index is 13.2. The molecule has 0 spiro atoms. The van der Waals surface area contributed by atoms with E-state index >= 15 is 0 Å². The first kappa shape index (κ1) is 14.7. The molecule has 4 aliphatic carbocycles. The Hall–Kier alpha value is -0.900. The van der Waals surface area contributed by atoms with Gasteiger partial charge in [-0.25, -0.2) is 0 Å². The van der Waals surface area contributed by atoms with Gasteiger partial charge in [-0.2, -0.15) is 0 Å². The summed E-state index contributed by atoms with van der Waals surface area (Å²) in [6.07, 6.45) is 7.64. The van der Waals surface area contributed by atoms with E-state index in [0.717, 1.165) is 63.2 Å². The molecule has 0 unspecified atom stereocenters. The highest BCUT2D eigenvalue weighted by Crippen LogP contribution is 2.60. The Kier molecular flexibility index (Phi) is 3.55. The third-order valence-electron chi connectivity index (χ3n) is 6.60. The van der Waals surface area contributed by atoms with Crippen molar-refractivity contribution in [1.29, 1.82) is 0 Å². The summed E-state index contributed by atoms with van der Waals surface area (Å²) >= 11 is 0. The van der Waals surface area contributed by atoms with Crippen molar-refractivity contribution in [1.82, 2.24) is 9.80 Å². The lowest BCUT2D eigenvalue weighted by Gasteiger charge is -2.57. The van der Waals surface area contributed by atoms with Gasteiger partial charge in [0.25, 0.3) is 0 Å². The molecule has 1 aliphatic heterocycles. The van der Waals surface area contributed by atoms with Crippen LogP contribution in [0, 0.1) is 23.2 Å². The topological polar surface area (TPSA) is 40.6 Å². The van der Waals surface area contributed by atoms with E-state index in [-0.39, 0.29) is 11.2 Å². The Labute approximate surface area is 133 Å². The molecule has 4 bridgehead atoms. The number of hydrogen-bond acceptors (Lipinski definition) is 3. The van der Waals surface area contributed by atoms with Crippen LogP contribution in [0.4, 0.5) is 0 Å². The zero-order chi connectivity index (χ0) is 15.3. The first-order chi connectivity index (χ1) is 10.5. The van der Waals surface area contributed by atoms with Crippen LogP contribution < -0.4 is 0 Å². The maximum Gasteiger partial charge on any atom is 0.228 e. The lowest BCUT2D eigenvalue weighted by atomic mass is 9.49. The summed E-state index contributed by atoms with van der Waals surface area (Å²) in [5.74, 6) is 3.16. The first-order valence-corrected chi connectivity index (χ1v) is 9.05. The minimum absolute atomic E-state index is 0.00248. The molecule has 0 N–H and O–H groups in total. The third-order valence-corrected chi connectivity index (χ3v) is 6.60. The third kappa shape index (κ3) is 2.49. The van der Waals surface area contributed by atoms with Gasteiger partial charge >= 0.3 is 0 Å². The molecular formula is C18H28N2O2. The Balaban J connectivity index is 1.41. The molecule has 22 heavy (non-hydrogen) atoms. The van der Waals surface area contributed by atoms with Crippen molar-refractivity contribution in [2.24, 2.45) is 23.2 Å². The molecule has 0 atom stereocenters. The highest BCUT2D eigenvalue weighted by Gasteiger charge is 2.55. The monoisotopic (exact) mass is 304 g/mol. The number of amides is 1. The Morgan fingerprint density at radius 2 is 1.41 bits per heavy atom. The smallest absolute Gasteiger partial charge is 0.228 e. The molecule has 0 aromatic rings. The van der Waals surface area contributed by atoms with Gasteiger partial charge in [0.1, 0.15) is 5.78 Å². The summed E-state index contributed by atoms with van der Waals surface area (Å²) in [7, 11) is 0. The largest absolute Gasteiger partial charge is 0.340 e. The number of hydrogen-bond donors (Lipinski definition) is 0. The van der Waals surface area contributed by atoms with E-state index in [2.05, 4.69) is 9.80 Å². The predicted molar refractivity (Wildman–Crippen MR) is 84.3 cm³/mol. The molecule has 5 rings (SSSR count). The lowest BCUT2D eigenvalue weighted by molar-refractivity contribution is -0.159. The van der Waals surface area contributed by atoms with Gasteiger partial charge in [0, 0.05) is 26.2 Å². The minimum atomic E-state index is -0.00248. The average molecular weight is 304 g/mol. The molecule has 1 amide bonds. The van der Waals surface area contributed by atoms with Crippen molar-refractivity contribution in [3.8, 4) is 0 Å². The minimum Gasteiger partial charge on any atom is -0.340 e. The molecule has 5 fully saturated rings. The van der Waals surface area contributed by atoms with Crippen LogP contribution in [0.5, 0.6) is 0 Å². The van der Waals surface area contributed by atoms with Crippen LogP contribution in [-0.2, 0) is 9.59 Å². The van der Waals surface area contributed by atoms with Crippen molar-refractivity contribution in [2.45, 2.75) is 45.4 Å². The van der Waals surface area contributed by atoms with E-state index in [9.17, 15) is 9.59 Å². The second-order valence-corrected chi connectivity index (χ2v) is 8.47. The van der Waals surface area contributed by atoms with Crippen LogP contribution in [0.1, 0.15) is 45.4 Å². The quantitative estimate of drug-likeness (QED) is 0.800. The van der Waals surface area contributed by atoms with Crippen molar-refractivity contribution >= 4 is 11.7 Å². The number of Topliss-reactive ketones (excluding diaryl/α,β-unsaturated/α-hetero) is 1. The standard InChI is InChI=1S/C18H28N2O2/c1-13(21)12-19-2-4-20(5-3-19)17(22)18-9-14-6-15(10-18)8-16(7-14)11-18/h14-16H,2-12H2,1H3. The van der Waals surface area contributed by atoms with E-state index in [1.54, 1.807) is 6.92 Å². The normalized spacial score (nSPS) is 41.0. The SMILES string of the molecule is CC(=O)CN1CCN(C(=O)C23CC4CC(CC(C4)C2)C3)CC1. The molecule has 1 saturated heterocycles. The summed E-state index contributed by atoms with van der Waals surface area (Å²) < 4.78 is 0. The van der Waals surface area contributed by atoms with Crippen LogP contribution in [0.25, 0.3) is 0 Å². The molecule has 1 heterocycles. The van der Waals surface area contributed by atoms with Crippen LogP contribution in [0.3, 0.4) is 0 Å². The van der Waals surface area contributed by atoms with Gasteiger partial charge < -0.3 is 4.90 Å². The van der Waals surface area contributed by atoms with E-state index in [1.165, 1.54) is 19.3 Å². The van der Waals surface area contributed by atoms with Crippen molar-refractivity contribution in [2.75, 3.05) is 32.7 Å². The fourth-order valence-electron chi connectivity index (χ4n) is 6.13. The second kappa shape index (κ2) is 5.33. The number of piperazine rings is 1. The molecule has 4 saturated carbocycles. The molecular weight excluding hydrogens is 276 g/mol. The average Bonchev–Trinajstić information content (AvgIpc) is 2.45. The van der Waals surface area contributed by atoms with Gasteiger partial charge in [0.05, 0.1) is 12.0 Å². The highest BCUT2D eigenvalue weighted by molar-refractivity contribution is 5.83. The summed E-state index contributed by atoms with van der Waals surface area (Å²) in [5.41, 5.74) is -0.00248. The summed E-state index contributed by atoms with van der Waals surface area (Å²) in [4.78, 5) is 28.8. The first-order valence-electron chi connectivity index (χ1n) is 9.05. The zero-order valence-corrected chi connectivity index (χ0v) is 13.7. The zero-order valence-electron chi connectivity index (χ0n) is 13.7. The molecule has 122 valence electrons. The molecule has 4 nitrogen and oxygen atoms in total. The van der Waals surface area contributed by atoms with E-state index < -0.39 is 0 Å². The van der Waals surface area contributed by atoms with Crippen LogP contribution in [-0.4, -0.2) is 54.2 Å². The summed E-state index contributed by atoms with van der Waals surface area (Å²) in [6, 6.07) is 0. The van der Waals surface area contributed by atoms with Crippen molar-refractivity contribution in [3.05, 3.63) is 0 Å². The van der Waals surface area contributed by atoms with Crippen LogP contribution in [0.15, 0.2) is 0 Å². The Morgan fingerprint density at radius 3 is 1.86 bits per heavy atom. The molecule has 5 aliphatic rings. The number of rotatable bonds is 3. The Bertz CT molecular complexity index is 444. The summed E-state index contributed by atoms with van der Waals surface area (Å²) in [5, 5.41) is 0. The number of nitrogens with zero attached hydrogens (tertiary/aromatic N) is 2. The van der Waals surface area contributed by atoms with Gasteiger partial charge in [0.2, 0.25) is 5.91 Å². The van der Waals surface area contributed by atoms with Gasteiger partial charge in [-0.05, 0) is 63.2 Å². The fraction of sp³-hybridized carbons (Fsp3) is 0.889. The van der Waals surface area contributed by atoms with E-state index in [0.29, 0.717) is 12.5 Å². The number of carbonyl (C=O) groups is 2. The molecule has 0 aromatic heterocycles. The van der Waals surface area contributed by atoms with Crippen molar-refractivity contribution < 1.29 is 9.59 Å². The van der Waals surface area contributed by atoms with Gasteiger partial charge in [0.15, 0.2) is 0 Å². The number of carbonyl (C=O) groups excluding carboxylic acids is 2. The van der Waals surface area contributed by atoms with E-state index in [1.807, 2.05) is 0 Å². The van der Waals surface area contributed by atoms with E-state index in [4.69, 9.17) is 0 Å². The highest BCUT2D eigenvalue weighted by atomic mass is 16.2. The lowest BCUT2D eigenvalue weighted by Crippen LogP contribution is -2.58. The molecule has 0 radical (unpaired) electrons. The van der Waals surface area contributed by atoms with Gasteiger partial charge in [-0.1, -0.05) is 0 Å². The number of ketones is 1.